The van der Waals surface area contributed by atoms with Crippen LogP contribution >= 0.6 is 15.9 Å². The minimum absolute atomic E-state index is 0.244. The highest BCUT2D eigenvalue weighted by molar-refractivity contribution is 9.10. The fraction of sp³-hybridized carbons (Fsp3) is 0.111. The van der Waals surface area contributed by atoms with Gasteiger partial charge in [-0.1, -0.05) is 46.3 Å². The predicted octanol–water partition coefficient (Wildman–Crippen LogP) is 4.66. The van der Waals surface area contributed by atoms with Crippen LogP contribution in [0.2, 0.25) is 0 Å². The molecule has 0 N–H and O–H groups in total. The van der Waals surface area contributed by atoms with Gasteiger partial charge in [-0.2, -0.15) is 0 Å². The molecule has 0 spiro atoms. The molecule has 0 atom stereocenters. The first kappa shape index (κ1) is 14.7. The third-order valence-corrected chi connectivity index (χ3v) is 3.82. The number of para-hydroxylation sites is 1. The molecule has 0 aliphatic carbocycles. The summed E-state index contributed by atoms with van der Waals surface area (Å²) in [6.45, 7) is 2.12. The van der Waals surface area contributed by atoms with Gasteiger partial charge < -0.3 is 4.74 Å². The average Bonchev–Trinajstić information content (AvgIpc) is 2.52. The van der Waals surface area contributed by atoms with E-state index in [0.29, 0.717) is 5.56 Å². The third-order valence-electron chi connectivity index (χ3n) is 3.32. The van der Waals surface area contributed by atoms with Crippen molar-refractivity contribution in [2.45, 2.75) is 13.5 Å². The highest BCUT2D eigenvalue weighted by Crippen LogP contribution is 2.20. The summed E-state index contributed by atoms with van der Waals surface area (Å²) in [6.07, 6.45) is 0. The lowest BCUT2D eigenvalue weighted by atomic mass is 10.1. The Labute approximate surface area is 137 Å². The normalized spacial score (nSPS) is 10.6. The van der Waals surface area contributed by atoms with Crippen molar-refractivity contribution in [3.05, 3.63) is 75.9 Å². The van der Waals surface area contributed by atoms with Gasteiger partial charge in [0.2, 0.25) is 0 Å². The Balaban J connectivity index is 1.86. The van der Waals surface area contributed by atoms with Crippen LogP contribution in [0.15, 0.2) is 59.1 Å². The fourth-order valence-corrected chi connectivity index (χ4v) is 2.78. The van der Waals surface area contributed by atoms with Gasteiger partial charge >= 0.3 is 5.97 Å². The van der Waals surface area contributed by atoms with E-state index in [0.717, 1.165) is 26.6 Å². The molecule has 0 fully saturated rings. The number of rotatable bonds is 3. The summed E-state index contributed by atoms with van der Waals surface area (Å²) in [4.78, 5) is 16.8. The van der Waals surface area contributed by atoms with Crippen LogP contribution in [0.1, 0.15) is 21.6 Å². The maximum atomic E-state index is 12.4. The lowest BCUT2D eigenvalue weighted by Gasteiger charge is -2.09. The van der Waals surface area contributed by atoms with E-state index in [1.807, 2.05) is 55.5 Å². The molecule has 3 aromatic rings. The molecule has 3 rings (SSSR count). The molecule has 2 aromatic carbocycles. The number of pyridine rings is 1. The van der Waals surface area contributed by atoms with Crippen molar-refractivity contribution in [2.75, 3.05) is 0 Å². The predicted molar refractivity (Wildman–Crippen MR) is 89.7 cm³/mol. The van der Waals surface area contributed by atoms with Crippen molar-refractivity contribution in [3.8, 4) is 0 Å². The Morgan fingerprint density at radius 1 is 1.14 bits per heavy atom. The van der Waals surface area contributed by atoms with Gasteiger partial charge in [-0.15, -0.1) is 0 Å². The summed E-state index contributed by atoms with van der Waals surface area (Å²) in [5.41, 5.74) is 3.10. The van der Waals surface area contributed by atoms with Gasteiger partial charge in [0, 0.05) is 15.6 Å². The smallest absolute Gasteiger partial charge is 0.339 e. The quantitative estimate of drug-likeness (QED) is 0.641. The molecule has 0 saturated carbocycles. The fourth-order valence-electron chi connectivity index (χ4n) is 2.33. The van der Waals surface area contributed by atoms with Crippen LogP contribution in [0.3, 0.4) is 0 Å². The van der Waals surface area contributed by atoms with Crippen molar-refractivity contribution in [2.24, 2.45) is 0 Å². The van der Waals surface area contributed by atoms with Gasteiger partial charge in [0.15, 0.2) is 0 Å². The van der Waals surface area contributed by atoms with Crippen LogP contribution < -0.4 is 0 Å². The second-order valence-electron chi connectivity index (χ2n) is 5.03. The molecule has 1 aromatic heterocycles. The summed E-state index contributed by atoms with van der Waals surface area (Å²) in [5.74, 6) is -0.332. The van der Waals surface area contributed by atoms with Crippen LogP contribution in [0, 0.1) is 6.92 Å². The zero-order valence-electron chi connectivity index (χ0n) is 12.0. The number of benzene rings is 2. The van der Waals surface area contributed by atoms with E-state index < -0.39 is 0 Å². The second-order valence-corrected chi connectivity index (χ2v) is 5.95. The number of ether oxygens (including phenoxy) is 1. The van der Waals surface area contributed by atoms with Gasteiger partial charge in [0.1, 0.15) is 6.61 Å². The van der Waals surface area contributed by atoms with Gasteiger partial charge in [0.05, 0.1) is 11.1 Å². The Hall–Kier alpha value is -2.20. The number of aryl methyl sites for hydroxylation is 1. The average molecular weight is 356 g/mol. The summed E-state index contributed by atoms with van der Waals surface area (Å²) >= 11 is 3.41. The standard InChI is InChI=1S/C18H14BrNO2/c1-12-9-16(15-7-2-3-8-17(15)20-12)18(21)22-11-13-5-4-6-14(19)10-13/h2-10H,11H2,1H3. The number of carbonyl (C=O) groups is 1. The molecular formula is C18H14BrNO2. The van der Waals surface area contributed by atoms with Crippen molar-refractivity contribution in [1.29, 1.82) is 0 Å². The molecule has 110 valence electrons. The largest absolute Gasteiger partial charge is 0.457 e. The minimum Gasteiger partial charge on any atom is -0.457 e. The van der Waals surface area contributed by atoms with Crippen LogP contribution in [-0.4, -0.2) is 11.0 Å². The SMILES string of the molecule is Cc1cc(C(=O)OCc2cccc(Br)c2)c2ccccc2n1. The molecule has 0 aliphatic rings. The van der Waals surface area contributed by atoms with Gasteiger partial charge in [-0.3, -0.25) is 4.98 Å². The van der Waals surface area contributed by atoms with E-state index in [1.165, 1.54) is 0 Å². The van der Waals surface area contributed by atoms with Crippen LogP contribution in [0.4, 0.5) is 0 Å². The minimum atomic E-state index is -0.332. The maximum absolute atomic E-state index is 12.4. The lowest BCUT2D eigenvalue weighted by Crippen LogP contribution is -2.07. The Morgan fingerprint density at radius 2 is 1.95 bits per heavy atom. The van der Waals surface area contributed by atoms with E-state index >= 15 is 0 Å². The Kier molecular flexibility index (Phi) is 4.20. The molecule has 0 radical (unpaired) electrons. The van der Waals surface area contributed by atoms with Crippen molar-refractivity contribution >= 4 is 32.8 Å². The molecule has 22 heavy (non-hydrogen) atoms. The monoisotopic (exact) mass is 355 g/mol. The zero-order valence-corrected chi connectivity index (χ0v) is 13.6. The molecular weight excluding hydrogens is 342 g/mol. The second kappa shape index (κ2) is 6.28. The number of aromatic nitrogens is 1. The third kappa shape index (κ3) is 3.17. The number of esters is 1. The highest BCUT2D eigenvalue weighted by Gasteiger charge is 2.13. The number of hydrogen-bond acceptors (Lipinski definition) is 3. The number of halogens is 1. The molecule has 0 amide bonds. The van der Waals surface area contributed by atoms with E-state index in [9.17, 15) is 4.79 Å². The molecule has 3 nitrogen and oxygen atoms in total. The summed E-state index contributed by atoms with van der Waals surface area (Å²) in [5, 5.41) is 0.812. The summed E-state index contributed by atoms with van der Waals surface area (Å²) in [6, 6.07) is 17.1. The molecule has 0 aliphatic heterocycles. The van der Waals surface area contributed by atoms with E-state index in [4.69, 9.17) is 4.74 Å². The number of nitrogens with zero attached hydrogens (tertiary/aromatic N) is 1. The maximum Gasteiger partial charge on any atom is 0.339 e. The van der Waals surface area contributed by atoms with Crippen LogP contribution in [0.5, 0.6) is 0 Å². The highest BCUT2D eigenvalue weighted by atomic mass is 79.9. The van der Waals surface area contributed by atoms with E-state index in [2.05, 4.69) is 20.9 Å². The van der Waals surface area contributed by atoms with E-state index in [1.54, 1.807) is 6.07 Å². The van der Waals surface area contributed by atoms with Gasteiger partial charge in [-0.25, -0.2) is 4.79 Å². The lowest BCUT2D eigenvalue weighted by molar-refractivity contribution is 0.0475. The number of carbonyl (C=O) groups excluding carboxylic acids is 1. The van der Waals surface area contributed by atoms with Crippen LogP contribution in [0.25, 0.3) is 10.9 Å². The molecule has 0 unspecified atom stereocenters. The molecule has 4 heteroatoms. The first-order valence-electron chi connectivity index (χ1n) is 6.91. The van der Waals surface area contributed by atoms with Crippen molar-refractivity contribution in [1.82, 2.24) is 4.98 Å². The number of fused-ring (bicyclic) bond motifs is 1. The van der Waals surface area contributed by atoms with Crippen molar-refractivity contribution < 1.29 is 9.53 Å². The van der Waals surface area contributed by atoms with Gasteiger partial charge in [-0.05, 0) is 36.8 Å². The topological polar surface area (TPSA) is 39.2 Å². The zero-order chi connectivity index (χ0) is 15.5. The summed E-state index contributed by atoms with van der Waals surface area (Å²) < 4.78 is 6.41. The first-order chi connectivity index (χ1) is 10.6. The summed E-state index contributed by atoms with van der Waals surface area (Å²) in [7, 11) is 0. The van der Waals surface area contributed by atoms with E-state index in [-0.39, 0.29) is 12.6 Å². The van der Waals surface area contributed by atoms with Crippen molar-refractivity contribution in [3.63, 3.8) is 0 Å². The van der Waals surface area contributed by atoms with Crippen LogP contribution in [-0.2, 0) is 11.3 Å². The Morgan fingerprint density at radius 3 is 2.77 bits per heavy atom. The first-order valence-corrected chi connectivity index (χ1v) is 7.71. The number of hydrogen-bond donors (Lipinski definition) is 0. The van der Waals surface area contributed by atoms with Gasteiger partial charge in [0.25, 0.3) is 0 Å². The molecule has 0 saturated heterocycles. The molecule has 0 bridgehead atoms. The molecule has 1 heterocycles. The Bertz CT molecular complexity index is 845.